The predicted octanol–water partition coefficient (Wildman–Crippen LogP) is 6.71. The second kappa shape index (κ2) is 15.0. The lowest BCUT2D eigenvalue weighted by atomic mass is 10.0. The molecule has 1 unspecified atom stereocenters. The Morgan fingerprint density at radius 1 is 0.833 bits per heavy atom. The number of methoxy groups -OCH3 is 2. The zero-order valence-corrected chi connectivity index (χ0v) is 24.4. The molecule has 0 aliphatic carbocycles. The first-order valence-electron chi connectivity index (χ1n) is 14.0. The quantitative estimate of drug-likeness (QED) is 0.125. The van der Waals surface area contributed by atoms with E-state index in [1.807, 2.05) is 66.7 Å². The molecule has 4 aromatic carbocycles. The minimum absolute atomic E-state index is 0.0604. The molecule has 8 nitrogen and oxygen atoms in total. The van der Waals surface area contributed by atoms with Gasteiger partial charge in [-0.1, -0.05) is 66.7 Å². The number of aliphatic hydroxyl groups excluding tert-OH is 1. The molecule has 0 spiro atoms. The van der Waals surface area contributed by atoms with E-state index >= 15 is 0 Å². The van der Waals surface area contributed by atoms with Gasteiger partial charge in [0.2, 0.25) is 0 Å². The minimum Gasteiger partial charge on any atom is -0.493 e. The highest BCUT2D eigenvalue weighted by atomic mass is 16.6. The molecule has 0 bridgehead atoms. The third-order valence-electron chi connectivity index (χ3n) is 7.42. The molecule has 0 fully saturated rings. The molecule has 1 atom stereocenters. The number of ether oxygens (including phenoxy) is 3. The van der Waals surface area contributed by atoms with Crippen LogP contribution in [0, 0.1) is 10.1 Å². The van der Waals surface area contributed by atoms with Gasteiger partial charge in [0.25, 0.3) is 5.69 Å². The fourth-order valence-electron chi connectivity index (χ4n) is 4.98. The number of nitro groups is 1. The number of rotatable bonds is 15. The summed E-state index contributed by atoms with van der Waals surface area (Å²) >= 11 is 0. The Morgan fingerprint density at radius 3 is 2.12 bits per heavy atom. The lowest BCUT2D eigenvalue weighted by Crippen LogP contribution is -2.33. The zero-order valence-electron chi connectivity index (χ0n) is 24.4. The SMILES string of the molecule is COc1ccc(CCC(C)N(Cc2ccccc2)Cc2c(CO)cc(OCc3ccccc3)cc2[N+](=O)[O-])cc1OC. The highest BCUT2D eigenvalue weighted by molar-refractivity contribution is 5.51. The number of nitro benzene ring substituents is 1. The molecule has 0 radical (unpaired) electrons. The largest absolute Gasteiger partial charge is 0.493 e. The second-order valence-corrected chi connectivity index (χ2v) is 10.2. The van der Waals surface area contributed by atoms with Gasteiger partial charge in [-0.05, 0) is 60.2 Å². The predicted molar refractivity (Wildman–Crippen MR) is 163 cm³/mol. The van der Waals surface area contributed by atoms with Crippen molar-refractivity contribution < 1.29 is 24.2 Å². The number of hydrogen-bond acceptors (Lipinski definition) is 7. The fourth-order valence-corrected chi connectivity index (χ4v) is 4.98. The van der Waals surface area contributed by atoms with Gasteiger partial charge < -0.3 is 19.3 Å². The third-order valence-corrected chi connectivity index (χ3v) is 7.42. The van der Waals surface area contributed by atoms with Gasteiger partial charge in [0.05, 0.1) is 31.8 Å². The number of hydrogen-bond donors (Lipinski definition) is 1. The van der Waals surface area contributed by atoms with Crippen LogP contribution in [0.25, 0.3) is 0 Å². The topological polar surface area (TPSA) is 94.3 Å². The van der Waals surface area contributed by atoms with Crippen LogP contribution in [0.15, 0.2) is 91.0 Å². The van der Waals surface area contributed by atoms with Crippen molar-refractivity contribution in [1.82, 2.24) is 4.90 Å². The number of nitrogens with zero attached hydrogens (tertiary/aromatic N) is 2. The van der Waals surface area contributed by atoms with Crippen LogP contribution in [-0.4, -0.2) is 35.2 Å². The van der Waals surface area contributed by atoms with Crippen molar-refractivity contribution >= 4 is 5.69 Å². The smallest absolute Gasteiger partial charge is 0.277 e. The summed E-state index contributed by atoms with van der Waals surface area (Å²) in [5.74, 6) is 1.72. The van der Waals surface area contributed by atoms with E-state index in [1.165, 1.54) is 6.07 Å². The molecular weight excluding hydrogens is 532 g/mol. The summed E-state index contributed by atoms with van der Waals surface area (Å²) in [6.45, 7) is 2.97. The van der Waals surface area contributed by atoms with Crippen molar-refractivity contribution in [3.8, 4) is 17.2 Å². The molecule has 0 saturated carbocycles. The fraction of sp³-hybridized carbons (Fsp3) is 0.294. The summed E-state index contributed by atoms with van der Waals surface area (Å²) in [5.41, 5.74) is 4.08. The summed E-state index contributed by atoms with van der Waals surface area (Å²) in [5, 5.41) is 22.6. The van der Waals surface area contributed by atoms with E-state index in [1.54, 1.807) is 20.3 Å². The van der Waals surface area contributed by atoms with Gasteiger partial charge in [-0.2, -0.15) is 0 Å². The van der Waals surface area contributed by atoms with Crippen LogP contribution >= 0.6 is 0 Å². The maximum atomic E-state index is 12.3. The molecular formula is C34H38N2O6. The Balaban J connectivity index is 1.59. The summed E-state index contributed by atoms with van der Waals surface area (Å²) in [6.07, 6.45) is 1.59. The van der Waals surface area contributed by atoms with Gasteiger partial charge in [0, 0.05) is 24.7 Å². The van der Waals surface area contributed by atoms with Gasteiger partial charge in [-0.3, -0.25) is 15.0 Å². The van der Waals surface area contributed by atoms with Crippen LogP contribution in [-0.2, 0) is 32.7 Å². The Morgan fingerprint density at radius 2 is 1.50 bits per heavy atom. The Kier molecular flexibility index (Phi) is 10.9. The number of aliphatic hydroxyl groups is 1. The molecule has 1 N–H and O–H groups in total. The van der Waals surface area contributed by atoms with Crippen molar-refractivity contribution in [3.63, 3.8) is 0 Å². The molecule has 0 aromatic heterocycles. The molecule has 0 amide bonds. The lowest BCUT2D eigenvalue weighted by Gasteiger charge is -2.30. The van der Waals surface area contributed by atoms with Crippen molar-refractivity contribution in [2.24, 2.45) is 0 Å². The molecule has 220 valence electrons. The minimum atomic E-state index is -0.390. The maximum Gasteiger partial charge on any atom is 0.277 e. The maximum absolute atomic E-state index is 12.3. The van der Waals surface area contributed by atoms with Crippen LogP contribution in [0.1, 0.15) is 41.2 Å². The average Bonchev–Trinajstić information content (AvgIpc) is 3.03. The lowest BCUT2D eigenvalue weighted by molar-refractivity contribution is -0.385. The first-order chi connectivity index (χ1) is 20.4. The Labute approximate surface area is 247 Å². The van der Waals surface area contributed by atoms with E-state index in [9.17, 15) is 15.2 Å². The standard InChI is InChI=1S/C34H38N2O6/c1-25(14-15-26-16-17-33(40-2)34(18-26)41-3)35(21-27-10-6-4-7-11-27)22-31-29(23-37)19-30(20-32(31)36(38)39)42-24-28-12-8-5-9-13-28/h4-13,16-20,25,37H,14-15,21-24H2,1-3H3. The normalized spacial score (nSPS) is 11.7. The van der Waals surface area contributed by atoms with E-state index in [-0.39, 0.29) is 24.9 Å². The van der Waals surface area contributed by atoms with E-state index < -0.39 is 4.92 Å². The average molecular weight is 571 g/mol. The van der Waals surface area contributed by atoms with Crippen LogP contribution in [0.4, 0.5) is 5.69 Å². The molecule has 42 heavy (non-hydrogen) atoms. The molecule has 0 saturated heterocycles. The molecule has 0 aliphatic rings. The second-order valence-electron chi connectivity index (χ2n) is 10.2. The van der Waals surface area contributed by atoms with Crippen molar-refractivity contribution in [2.45, 2.75) is 52.1 Å². The van der Waals surface area contributed by atoms with E-state index in [0.29, 0.717) is 41.5 Å². The summed E-state index contributed by atoms with van der Waals surface area (Å²) in [7, 11) is 3.23. The molecule has 4 rings (SSSR count). The third kappa shape index (κ3) is 8.09. The summed E-state index contributed by atoms with van der Waals surface area (Å²) in [4.78, 5) is 14.1. The van der Waals surface area contributed by atoms with E-state index in [0.717, 1.165) is 29.5 Å². The molecule has 8 heteroatoms. The van der Waals surface area contributed by atoms with Crippen molar-refractivity contribution in [1.29, 1.82) is 0 Å². The molecule has 0 aliphatic heterocycles. The Bertz CT molecular complexity index is 1450. The zero-order chi connectivity index (χ0) is 29.9. The van der Waals surface area contributed by atoms with Crippen LogP contribution in [0.5, 0.6) is 17.2 Å². The van der Waals surface area contributed by atoms with Gasteiger partial charge in [0.15, 0.2) is 11.5 Å². The van der Waals surface area contributed by atoms with Gasteiger partial charge >= 0.3 is 0 Å². The Hall–Kier alpha value is -4.40. The van der Waals surface area contributed by atoms with Gasteiger partial charge in [-0.15, -0.1) is 0 Å². The van der Waals surface area contributed by atoms with Gasteiger partial charge in [-0.25, -0.2) is 0 Å². The molecule has 0 heterocycles. The monoisotopic (exact) mass is 570 g/mol. The highest BCUT2D eigenvalue weighted by Gasteiger charge is 2.25. The first kappa shape index (κ1) is 30.6. The number of benzene rings is 4. The summed E-state index contributed by atoms with van der Waals surface area (Å²) < 4.78 is 16.7. The van der Waals surface area contributed by atoms with Crippen LogP contribution in [0.3, 0.4) is 0 Å². The van der Waals surface area contributed by atoms with Gasteiger partial charge in [0.1, 0.15) is 12.4 Å². The van der Waals surface area contributed by atoms with Crippen molar-refractivity contribution in [3.05, 3.63) is 129 Å². The van der Waals surface area contributed by atoms with Crippen molar-refractivity contribution in [2.75, 3.05) is 14.2 Å². The highest BCUT2D eigenvalue weighted by Crippen LogP contribution is 2.33. The number of aryl methyl sites for hydroxylation is 1. The van der Waals surface area contributed by atoms with E-state index in [2.05, 4.69) is 24.0 Å². The first-order valence-corrected chi connectivity index (χ1v) is 14.0. The van der Waals surface area contributed by atoms with Crippen LogP contribution < -0.4 is 14.2 Å². The van der Waals surface area contributed by atoms with Crippen LogP contribution in [0.2, 0.25) is 0 Å². The molecule has 4 aromatic rings. The van der Waals surface area contributed by atoms with E-state index in [4.69, 9.17) is 14.2 Å². The summed E-state index contributed by atoms with van der Waals surface area (Å²) in [6, 6.07) is 28.8.